The summed E-state index contributed by atoms with van der Waals surface area (Å²) < 4.78 is 13.8. The predicted molar refractivity (Wildman–Crippen MR) is 221 cm³/mol. The number of nitrogens with zero attached hydrogens (tertiary/aromatic N) is 8. The molecular formula is C44H48N10O4S. The number of pyridine rings is 2. The Kier molecular flexibility index (Phi) is 10.1. The number of piperidine rings is 2. The molecule has 6 aliphatic rings. The monoisotopic (exact) mass is 812 g/mol. The highest BCUT2D eigenvalue weighted by Crippen LogP contribution is 2.59. The molecule has 14 nitrogen and oxygen atoms in total. The van der Waals surface area contributed by atoms with Gasteiger partial charge in [-0.2, -0.15) is 10.4 Å². The fourth-order valence-corrected chi connectivity index (χ4v) is 11.2. The van der Waals surface area contributed by atoms with E-state index in [4.69, 9.17) is 24.7 Å². The molecule has 11 rings (SSSR count). The fourth-order valence-electron chi connectivity index (χ4n) is 10.1. The summed E-state index contributed by atoms with van der Waals surface area (Å²) in [6.45, 7) is 4.65. The quantitative estimate of drug-likeness (QED) is 0.148. The first-order valence-corrected chi connectivity index (χ1v) is 21.9. The van der Waals surface area contributed by atoms with E-state index in [1.165, 1.54) is 19.3 Å². The number of hydrogen-bond donors (Lipinski definition) is 2. The highest BCUT2D eigenvalue weighted by atomic mass is 32.1. The molecule has 2 bridgehead atoms. The molecule has 3 aliphatic heterocycles. The minimum atomic E-state index is -0.338. The van der Waals surface area contributed by atoms with E-state index in [9.17, 15) is 14.9 Å². The van der Waals surface area contributed by atoms with E-state index in [1.54, 1.807) is 23.7 Å². The summed E-state index contributed by atoms with van der Waals surface area (Å²) in [5.74, 6) is -0.204. The summed E-state index contributed by atoms with van der Waals surface area (Å²) >= 11 is 1.74. The molecule has 0 spiro atoms. The lowest BCUT2D eigenvalue weighted by atomic mass is 9.53. The van der Waals surface area contributed by atoms with Crippen molar-refractivity contribution in [3.05, 3.63) is 71.1 Å². The molecule has 5 aromatic heterocycles. The number of hydrogen-bond acceptors (Lipinski definition) is 13. The first-order valence-electron chi connectivity index (χ1n) is 21.1. The third kappa shape index (κ3) is 7.58. The first-order chi connectivity index (χ1) is 28.8. The lowest BCUT2D eigenvalue weighted by Gasteiger charge is -2.54. The van der Waals surface area contributed by atoms with Crippen LogP contribution in [0.3, 0.4) is 0 Å². The number of amides is 2. The van der Waals surface area contributed by atoms with Gasteiger partial charge in [0.05, 0.1) is 40.1 Å². The Bertz CT molecular complexity index is 2390. The van der Waals surface area contributed by atoms with Crippen LogP contribution in [-0.4, -0.2) is 91.5 Å². The average molecular weight is 813 g/mol. The van der Waals surface area contributed by atoms with Gasteiger partial charge in [-0.15, -0.1) is 10.2 Å². The van der Waals surface area contributed by atoms with Crippen LogP contribution >= 0.6 is 11.3 Å². The van der Waals surface area contributed by atoms with Crippen molar-refractivity contribution in [1.82, 2.24) is 40.0 Å². The number of anilines is 1. The topological polar surface area (TPSA) is 173 Å². The maximum absolute atomic E-state index is 12.3. The summed E-state index contributed by atoms with van der Waals surface area (Å²) in [5, 5.41) is 31.9. The van der Waals surface area contributed by atoms with Gasteiger partial charge in [0.1, 0.15) is 17.2 Å². The van der Waals surface area contributed by atoms with Crippen molar-refractivity contribution in [3.8, 4) is 33.9 Å². The predicted octanol–water partition coefficient (Wildman–Crippen LogP) is 6.43. The number of fused-ring (bicyclic) bond motifs is 4. The maximum Gasteiger partial charge on any atom is 0.234 e. The SMILES string of the molecule is N#Cc1cnn2c(-c3cc(NC4CCOCC4)c(-c4nnc(C56CCC(CN7CCC(Oc8ccc([C@H]9CCC(=O)NC9=O)cn8)CC7)(CC5)CC6)s4)cn3)ccc2c1. The van der Waals surface area contributed by atoms with Gasteiger partial charge in [-0.3, -0.25) is 19.9 Å². The largest absolute Gasteiger partial charge is 0.474 e. The van der Waals surface area contributed by atoms with Gasteiger partial charge in [0.15, 0.2) is 5.01 Å². The molecule has 1 atom stereocenters. The van der Waals surface area contributed by atoms with E-state index < -0.39 is 0 Å². The minimum absolute atomic E-state index is 0.0831. The Hall–Kier alpha value is -5.30. The van der Waals surface area contributed by atoms with Crippen LogP contribution in [0.5, 0.6) is 5.88 Å². The molecule has 5 aromatic rings. The van der Waals surface area contributed by atoms with Gasteiger partial charge in [0.2, 0.25) is 17.7 Å². The zero-order chi connectivity index (χ0) is 40.0. The number of carbonyl (C=O) groups excluding carboxylic acids is 2. The fraction of sp³-hybridized carbons (Fsp3) is 0.500. The number of likely N-dealkylation sites (tertiary alicyclic amines) is 1. The van der Waals surface area contributed by atoms with Crippen LogP contribution in [-0.2, 0) is 19.7 Å². The van der Waals surface area contributed by atoms with E-state index in [2.05, 4.69) is 37.8 Å². The number of aromatic nitrogens is 6. The Labute approximate surface area is 346 Å². The van der Waals surface area contributed by atoms with Crippen molar-refractivity contribution in [2.24, 2.45) is 5.41 Å². The van der Waals surface area contributed by atoms with E-state index in [1.807, 2.05) is 41.0 Å². The number of ether oxygens (including phenoxy) is 2. The van der Waals surface area contributed by atoms with Crippen LogP contribution in [0.1, 0.15) is 99.1 Å². The second-order valence-corrected chi connectivity index (χ2v) is 18.3. The summed E-state index contributed by atoms with van der Waals surface area (Å²) in [5.41, 5.74) is 6.25. The van der Waals surface area contributed by atoms with Crippen molar-refractivity contribution in [1.29, 1.82) is 5.26 Å². The van der Waals surface area contributed by atoms with E-state index in [0.717, 1.165) is 122 Å². The highest BCUT2D eigenvalue weighted by Gasteiger charge is 2.51. The molecule has 3 aliphatic carbocycles. The molecule has 6 fully saturated rings. The molecule has 59 heavy (non-hydrogen) atoms. The van der Waals surface area contributed by atoms with Gasteiger partial charge in [-0.25, -0.2) is 9.50 Å². The molecule has 3 saturated heterocycles. The molecule has 15 heteroatoms. The van der Waals surface area contributed by atoms with Gasteiger partial charge < -0.3 is 19.7 Å². The lowest BCUT2D eigenvalue weighted by molar-refractivity contribution is -0.134. The number of rotatable bonds is 10. The van der Waals surface area contributed by atoms with E-state index in [-0.39, 0.29) is 35.3 Å². The first kappa shape index (κ1) is 37.9. The van der Waals surface area contributed by atoms with Gasteiger partial charge >= 0.3 is 0 Å². The number of nitriles is 1. The Morgan fingerprint density at radius 1 is 0.932 bits per heavy atom. The van der Waals surface area contributed by atoms with Crippen LogP contribution in [0.15, 0.2) is 55.0 Å². The van der Waals surface area contributed by atoms with E-state index in [0.29, 0.717) is 29.7 Å². The third-order valence-electron chi connectivity index (χ3n) is 13.7. The van der Waals surface area contributed by atoms with Crippen molar-refractivity contribution in [2.45, 2.75) is 101 Å². The third-order valence-corrected chi connectivity index (χ3v) is 14.9. The highest BCUT2D eigenvalue weighted by molar-refractivity contribution is 7.14. The maximum atomic E-state index is 12.3. The van der Waals surface area contributed by atoms with Crippen LogP contribution in [0.2, 0.25) is 0 Å². The van der Waals surface area contributed by atoms with Crippen molar-refractivity contribution in [3.63, 3.8) is 0 Å². The molecule has 304 valence electrons. The molecular weight excluding hydrogens is 765 g/mol. The van der Waals surface area contributed by atoms with E-state index >= 15 is 0 Å². The second-order valence-electron chi connectivity index (χ2n) is 17.3. The van der Waals surface area contributed by atoms with Crippen molar-refractivity contribution >= 4 is 34.4 Å². The van der Waals surface area contributed by atoms with Gasteiger partial charge in [0, 0.05) is 74.9 Å². The van der Waals surface area contributed by atoms with Crippen LogP contribution in [0, 0.1) is 16.7 Å². The second kappa shape index (κ2) is 15.7. The smallest absolute Gasteiger partial charge is 0.234 e. The van der Waals surface area contributed by atoms with Gasteiger partial charge in [-0.05, 0) is 106 Å². The molecule has 3 saturated carbocycles. The summed E-state index contributed by atoms with van der Waals surface area (Å²) in [6.07, 6.45) is 17.1. The standard InChI is InChI=1S/C44H48N10O4S/c45-23-28-21-31-2-4-37(54(31)48-24-28)36-22-35(49-30-9-19-57-20-10-30)34(26-46-36)41-51-52-42(59-41)44-14-11-43(12-15-44,13-16-44)27-53-17-7-32(8-18-53)58-39-6-1-29(25-47-39)33-3-5-38(55)50-40(33)56/h1-2,4,6,21-22,24-26,30,32-33H,3,5,7-20,27H2,(H,46,49)(H,50,55,56)/t33-,43?,44?/m1/s1. The number of carbonyl (C=O) groups is 2. The van der Waals surface area contributed by atoms with Crippen LogP contribution < -0.4 is 15.4 Å². The zero-order valence-corrected chi connectivity index (χ0v) is 33.9. The summed E-state index contributed by atoms with van der Waals surface area (Å²) in [7, 11) is 0. The van der Waals surface area contributed by atoms with Crippen LogP contribution in [0.4, 0.5) is 5.69 Å². The molecule has 2 amide bonds. The average Bonchev–Trinajstić information content (AvgIpc) is 3.94. The summed E-state index contributed by atoms with van der Waals surface area (Å²) in [6, 6.07) is 14.1. The van der Waals surface area contributed by atoms with Gasteiger partial charge in [0.25, 0.3) is 0 Å². The van der Waals surface area contributed by atoms with Crippen LogP contribution in [0.25, 0.3) is 27.5 Å². The lowest BCUT2D eigenvalue weighted by Crippen LogP contribution is -2.51. The van der Waals surface area contributed by atoms with Gasteiger partial charge in [-0.1, -0.05) is 17.4 Å². The Balaban J connectivity index is 0.776. The Morgan fingerprint density at radius 3 is 2.49 bits per heavy atom. The normalized spacial score (nSPS) is 25.5. The molecule has 0 unspecified atom stereocenters. The van der Waals surface area contributed by atoms with Crippen molar-refractivity contribution in [2.75, 3.05) is 38.2 Å². The molecule has 8 heterocycles. The molecule has 0 radical (unpaired) electrons. The number of imide groups is 1. The zero-order valence-electron chi connectivity index (χ0n) is 33.1. The Morgan fingerprint density at radius 2 is 1.75 bits per heavy atom. The number of nitrogens with one attached hydrogen (secondary N) is 2. The molecule has 0 aromatic carbocycles. The van der Waals surface area contributed by atoms with Crippen molar-refractivity contribution < 1.29 is 19.1 Å². The minimum Gasteiger partial charge on any atom is -0.474 e. The molecule has 2 N–H and O–H groups in total. The summed E-state index contributed by atoms with van der Waals surface area (Å²) in [4.78, 5) is 35.9.